The van der Waals surface area contributed by atoms with Crippen molar-refractivity contribution < 1.29 is 19.2 Å². The Bertz CT molecular complexity index is 1200. The summed E-state index contributed by atoms with van der Waals surface area (Å²) in [7, 11) is 0. The van der Waals surface area contributed by atoms with Gasteiger partial charge in [0.15, 0.2) is 4.80 Å². The highest BCUT2D eigenvalue weighted by Gasteiger charge is 2.18. The van der Waals surface area contributed by atoms with Gasteiger partial charge in [0.25, 0.3) is 11.6 Å². The summed E-state index contributed by atoms with van der Waals surface area (Å²) in [4.78, 5) is 40.1. The average molecular weight is 431 g/mol. The van der Waals surface area contributed by atoms with Crippen molar-refractivity contribution in [3.8, 4) is 0 Å². The minimum Gasteiger partial charge on any atom is -0.465 e. The molecular weight excluding hydrogens is 410 g/mol. The van der Waals surface area contributed by atoms with E-state index in [1.807, 2.05) is 13.8 Å². The van der Waals surface area contributed by atoms with Crippen LogP contribution in [0.1, 0.15) is 43.0 Å². The van der Waals surface area contributed by atoms with Crippen molar-refractivity contribution in [1.82, 2.24) is 14.3 Å². The molecule has 158 valence electrons. The molecule has 0 unspecified atom stereocenters. The van der Waals surface area contributed by atoms with E-state index in [4.69, 9.17) is 4.74 Å². The van der Waals surface area contributed by atoms with E-state index in [9.17, 15) is 19.7 Å². The molecule has 0 saturated carbocycles. The fraction of sp³-hybridized carbons (Fsp3) is 0.368. The first-order valence-corrected chi connectivity index (χ1v) is 10.1. The van der Waals surface area contributed by atoms with Crippen LogP contribution in [0.3, 0.4) is 0 Å². The summed E-state index contributed by atoms with van der Waals surface area (Å²) in [6.07, 6.45) is 0. The van der Waals surface area contributed by atoms with Crippen molar-refractivity contribution in [2.24, 2.45) is 4.99 Å². The van der Waals surface area contributed by atoms with Crippen molar-refractivity contribution in [2.45, 2.75) is 40.3 Å². The molecule has 0 aliphatic rings. The third-order valence-electron chi connectivity index (χ3n) is 4.23. The van der Waals surface area contributed by atoms with Crippen LogP contribution in [0, 0.1) is 17.0 Å². The second kappa shape index (κ2) is 8.57. The standard InChI is InChI=1S/C19H21N5O5S/c1-5-29-17(25)10-22-14-7-6-13(24(27)28)9-16(14)30-19(22)20-18(26)15-8-12(4)21-23(15)11(2)3/h6-9,11H,5,10H2,1-4H3. The minimum absolute atomic E-state index is 0.0374. The van der Waals surface area contributed by atoms with Gasteiger partial charge in [-0.1, -0.05) is 11.3 Å². The molecule has 1 aromatic carbocycles. The molecule has 2 heterocycles. The first kappa shape index (κ1) is 21.4. The number of carbonyl (C=O) groups is 2. The van der Waals surface area contributed by atoms with Crippen LogP contribution in [-0.2, 0) is 16.1 Å². The Morgan fingerprint density at radius 1 is 1.33 bits per heavy atom. The first-order chi connectivity index (χ1) is 14.2. The zero-order valence-electron chi connectivity index (χ0n) is 17.0. The van der Waals surface area contributed by atoms with Gasteiger partial charge in [-0.25, -0.2) is 0 Å². The summed E-state index contributed by atoms with van der Waals surface area (Å²) >= 11 is 1.09. The zero-order valence-corrected chi connectivity index (χ0v) is 17.8. The maximum Gasteiger partial charge on any atom is 0.326 e. The molecule has 11 heteroatoms. The zero-order chi connectivity index (χ0) is 22.0. The molecule has 0 atom stereocenters. The Kier molecular flexibility index (Phi) is 6.11. The van der Waals surface area contributed by atoms with Gasteiger partial charge in [0.2, 0.25) is 0 Å². The number of amides is 1. The number of non-ortho nitro benzene ring substituents is 1. The molecule has 0 fully saturated rings. The summed E-state index contributed by atoms with van der Waals surface area (Å²) in [6.45, 7) is 7.34. The average Bonchev–Trinajstić information content (AvgIpc) is 3.22. The number of nitrogens with zero attached hydrogens (tertiary/aromatic N) is 5. The van der Waals surface area contributed by atoms with Crippen LogP contribution in [0.5, 0.6) is 0 Å². The van der Waals surface area contributed by atoms with Crippen LogP contribution >= 0.6 is 11.3 Å². The predicted molar refractivity (Wildman–Crippen MR) is 110 cm³/mol. The normalized spacial score (nSPS) is 12.0. The third kappa shape index (κ3) is 4.30. The molecule has 0 N–H and O–H groups in total. The number of hydrogen-bond donors (Lipinski definition) is 0. The van der Waals surface area contributed by atoms with Gasteiger partial charge >= 0.3 is 5.97 Å². The molecule has 0 saturated heterocycles. The van der Waals surface area contributed by atoms with Gasteiger partial charge in [-0.05, 0) is 39.8 Å². The summed E-state index contributed by atoms with van der Waals surface area (Å²) < 4.78 is 8.68. The molecule has 3 aromatic rings. The molecule has 30 heavy (non-hydrogen) atoms. The molecule has 0 aliphatic carbocycles. The van der Waals surface area contributed by atoms with E-state index in [0.717, 1.165) is 11.3 Å². The van der Waals surface area contributed by atoms with Crippen LogP contribution in [0.4, 0.5) is 5.69 Å². The second-order valence-electron chi connectivity index (χ2n) is 6.81. The lowest BCUT2D eigenvalue weighted by atomic mass is 10.3. The topological polar surface area (TPSA) is 122 Å². The monoisotopic (exact) mass is 431 g/mol. The quantitative estimate of drug-likeness (QED) is 0.336. The predicted octanol–water partition coefficient (Wildman–Crippen LogP) is 3.00. The lowest BCUT2D eigenvalue weighted by Crippen LogP contribution is -2.23. The lowest BCUT2D eigenvalue weighted by Gasteiger charge is -2.08. The first-order valence-electron chi connectivity index (χ1n) is 9.29. The summed E-state index contributed by atoms with van der Waals surface area (Å²) in [6, 6.07) is 5.90. The number of fused-ring (bicyclic) bond motifs is 1. The molecule has 3 rings (SSSR count). The minimum atomic E-state index is -0.511. The van der Waals surface area contributed by atoms with Crippen molar-refractivity contribution in [3.63, 3.8) is 0 Å². The van der Waals surface area contributed by atoms with Gasteiger partial charge < -0.3 is 9.30 Å². The van der Waals surface area contributed by atoms with Crippen molar-refractivity contribution in [2.75, 3.05) is 6.61 Å². The number of aryl methyl sites for hydroxylation is 1. The number of nitro benzene ring substituents is 1. The van der Waals surface area contributed by atoms with Gasteiger partial charge in [-0.3, -0.25) is 24.4 Å². The van der Waals surface area contributed by atoms with Crippen molar-refractivity contribution in [3.05, 3.63) is 50.6 Å². The van der Waals surface area contributed by atoms with E-state index in [1.54, 1.807) is 24.6 Å². The highest BCUT2D eigenvalue weighted by atomic mass is 32.1. The van der Waals surface area contributed by atoms with Crippen molar-refractivity contribution >= 4 is 39.1 Å². The highest BCUT2D eigenvalue weighted by molar-refractivity contribution is 7.16. The van der Waals surface area contributed by atoms with Crippen molar-refractivity contribution in [1.29, 1.82) is 0 Å². The Hall–Kier alpha value is -3.34. The Labute approximate surface area is 175 Å². The van der Waals surface area contributed by atoms with E-state index >= 15 is 0 Å². The van der Waals surface area contributed by atoms with Crippen LogP contribution in [0.25, 0.3) is 10.2 Å². The molecular formula is C19H21N5O5S. The number of thiazole rings is 1. The number of benzene rings is 1. The molecule has 0 spiro atoms. The van der Waals surface area contributed by atoms with Gasteiger partial charge in [-0.15, -0.1) is 0 Å². The number of carbonyl (C=O) groups excluding carboxylic acids is 2. The lowest BCUT2D eigenvalue weighted by molar-refractivity contribution is -0.384. The second-order valence-corrected chi connectivity index (χ2v) is 7.82. The van der Waals surface area contributed by atoms with Gasteiger partial charge in [0.1, 0.15) is 12.2 Å². The summed E-state index contributed by atoms with van der Waals surface area (Å²) in [5.41, 5.74) is 1.49. The Balaban J connectivity index is 2.16. The van der Waals surface area contributed by atoms with Gasteiger partial charge in [0, 0.05) is 18.2 Å². The number of hydrogen-bond acceptors (Lipinski definition) is 7. The fourth-order valence-electron chi connectivity index (χ4n) is 2.96. The van der Waals surface area contributed by atoms with Crippen LogP contribution in [-0.4, -0.2) is 37.8 Å². The molecule has 0 bridgehead atoms. The number of rotatable bonds is 6. The molecule has 2 aromatic heterocycles. The Morgan fingerprint density at radius 3 is 2.70 bits per heavy atom. The number of aromatic nitrogens is 3. The van der Waals surface area contributed by atoms with Gasteiger partial charge in [0.05, 0.1) is 27.4 Å². The van der Waals surface area contributed by atoms with Crippen LogP contribution < -0.4 is 4.80 Å². The fourth-order valence-corrected chi connectivity index (χ4v) is 4.02. The number of esters is 1. The molecule has 0 aliphatic heterocycles. The number of ether oxygens (including phenoxy) is 1. The van der Waals surface area contributed by atoms with E-state index < -0.39 is 16.8 Å². The maximum atomic E-state index is 12.9. The smallest absolute Gasteiger partial charge is 0.326 e. The van der Waals surface area contributed by atoms with E-state index in [2.05, 4.69) is 10.1 Å². The summed E-state index contributed by atoms with van der Waals surface area (Å²) in [5, 5.41) is 15.4. The molecule has 10 nitrogen and oxygen atoms in total. The van der Waals surface area contributed by atoms with E-state index in [1.165, 1.54) is 22.8 Å². The Morgan fingerprint density at radius 2 is 2.07 bits per heavy atom. The number of nitro groups is 1. The molecule has 1 amide bonds. The van der Waals surface area contributed by atoms with E-state index in [-0.39, 0.29) is 29.7 Å². The highest BCUT2D eigenvalue weighted by Crippen LogP contribution is 2.23. The van der Waals surface area contributed by atoms with Crippen LogP contribution in [0.15, 0.2) is 29.3 Å². The summed E-state index contributed by atoms with van der Waals surface area (Å²) in [5.74, 6) is -1.00. The maximum absolute atomic E-state index is 12.9. The van der Waals surface area contributed by atoms with E-state index in [0.29, 0.717) is 21.6 Å². The third-order valence-corrected chi connectivity index (χ3v) is 5.27. The van der Waals surface area contributed by atoms with Gasteiger partial charge in [-0.2, -0.15) is 10.1 Å². The SMILES string of the molecule is CCOC(=O)Cn1c(=NC(=O)c2cc(C)nn2C(C)C)sc2cc([N+](=O)[O-])ccc21. The van der Waals surface area contributed by atoms with Crippen LogP contribution in [0.2, 0.25) is 0 Å². The largest absolute Gasteiger partial charge is 0.465 e. The molecule has 0 radical (unpaired) electrons.